The smallest absolute Gasteiger partial charge is 0.259 e. The number of halogens is 2. The van der Waals surface area contributed by atoms with E-state index in [9.17, 15) is 18.7 Å². The van der Waals surface area contributed by atoms with Crippen molar-refractivity contribution in [1.82, 2.24) is 14.4 Å². The summed E-state index contributed by atoms with van der Waals surface area (Å²) in [6.07, 6.45) is -1.28. The molecule has 26 heavy (non-hydrogen) atoms. The number of piperazine rings is 1. The van der Waals surface area contributed by atoms with Crippen molar-refractivity contribution in [2.75, 3.05) is 26.2 Å². The molecule has 1 aliphatic rings. The monoisotopic (exact) mass is 363 g/mol. The molecule has 0 saturated carbocycles. The van der Waals surface area contributed by atoms with E-state index in [0.29, 0.717) is 26.2 Å². The van der Waals surface area contributed by atoms with Crippen LogP contribution in [0.1, 0.15) is 17.3 Å². The Morgan fingerprint density at radius 3 is 2.35 bits per heavy atom. The maximum absolute atomic E-state index is 13.8. The Morgan fingerprint density at radius 2 is 1.73 bits per heavy atom. The lowest BCUT2D eigenvalue weighted by Gasteiger charge is -2.39. The third-order valence-corrected chi connectivity index (χ3v) is 4.87. The van der Waals surface area contributed by atoms with Crippen LogP contribution in [0.5, 0.6) is 5.75 Å². The highest BCUT2D eigenvalue weighted by molar-refractivity contribution is 5.30. The van der Waals surface area contributed by atoms with Crippen LogP contribution in [-0.4, -0.2) is 52.1 Å². The number of benzene rings is 1. The van der Waals surface area contributed by atoms with Gasteiger partial charge >= 0.3 is 0 Å². The molecular weight excluding hydrogens is 340 g/mol. The summed E-state index contributed by atoms with van der Waals surface area (Å²) >= 11 is 0. The van der Waals surface area contributed by atoms with E-state index in [0.717, 1.165) is 6.54 Å². The minimum Gasteiger partial charge on any atom is -0.503 e. The van der Waals surface area contributed by atoms with Crippen LogP contribution in [-0.2, 0) is 13.6 Å². The van der Waals surface area contributed by atoms with Crippen LogP contribution in [0.4, 0.5) is 8.78 Å². The first-order valence-corrected chi connectivity index (χ1v) is 8.64. The molecule has 0 spiro atoms. The molecule has 2 heterocycles. The summed E-state index contributed by atoms with van der Waals surface area (Å²) in [7, 11) is 1.57. The van der Waals surface area contributed by atoms with Gasteiger partial charge in [-0.25, -0.2) is 8.78 Å². The van der Waals surface area contributed by atoms with Gasteiger partial charge in [0.15, 0.2) is 5.75 Å². The highest BCUT2D eigenvalue weighted by atomic mass is 19.3. The molecule has 5 nitrogen and oxygen atoms in total. The molecule has 1 aromatic heterocycles. The standard InChI is InChI=1S/C19H23F2N3O2/c1-22-8-7-15(25)18(26)16(22)17(19(20)21)24-11-9-23(10-12-24)13-14-5-3-2-4-6-14/h2-8,17,19,26H,9-13H2,1H3. The second kappa shape index (κ2) is 7.97. The molecule has 1 aromatic carbocycles. The Bertz CT molecular complexity index is 787. The van der Waals surface area contributed by atoms with E-state index in [4.69, 9.17) is 0 Å². The largest absolute Gasteiger partial charge is 0.503 e. The van der Waals surface area contributed by atoms with Gasteiger partial charge in [-0.2, -0.15) is 0 Å². The Labute approximate surface area is 151 Å². The van der Waals surface area contributed by atoms with Crippen molar-refractivity contribution in [2.24, 2.45) is 7.05 Å². The van der Waals surface area contributed by atoms with Gasteiger partial charge < -0.3 is 9.67 Å². The Morgan fingerprint density at radius 1 is 1.08 bits per heavy atom. The van der Waals surface area contributed by atoms with Crippen molar-refractivity contribution in [3.63, 3.8) is 0 Å². The Hall–Kier alpha value is -2.25. The van der Waals surface area contributed by atoms with Gasteiger partial charge in [-0.05, 0) is 5.56 Å². The number of hydrogen-bond acceptors (Lipinski definition) is 4. The van der Waals surface area contributed by atoms with Gasteiger partial charge in [0.25, 0.3) is 6.43 Å². The summed E-state index contributed by atoms with van der Waals surface area (Å²) in [5.74, 6) is -0.591. The zero-order valence-electron chi connectivity index (χ0n) is 14.7. The van der Waals surface area contributed by atoms with Crippen molar-refractivity contribution < 1.29 is 13.9 Å². The van der Waals surface area contributed by atoms with Crippen LogP contribution in [0.3, 0.4) is 0 Å². The molecule has 0 radical (unpaired) electrons. The molecular formula is C19H23F2N3O2. The fourth-order valence-electron chi connectivity index (χ4n) is 3.47. The van der Waals surface area contributed by atoms with Gasteiger partial charge in [-0.15, -0.1) is 0 Å². The van der Waals surface area contributed by atoms with Crippen LogP contribution in [0, 0.1) is 0 Å². The minimum atomic E-state index is -2.70. The van der Waals surface area contributed by atoms with Crippen LogP contribution < -0.4 is 5.43 Å². The highest BCUT2D eigenvalue weighted by Gasteiger charge is 2.35. The van der Waals surface area contributed by atoms with Gasteiger partial charge in [-0.1, -0.05) is 30.3 Å². The van der Waals surface area contributed by atoms with E-state index in [1.165, 1.54) is 22.4 Å². The van der Waals surface area contributed by atoms with Crippen LogP contribution >= 0.6 is 0 Å². The number of aromatic nitrogens is 1. The first kappa shape index (κ1) is 18.5. The number of aryl methyl sites for hydroxylation is 1. The van der Waals surface area contributed by atoms with Gasteiger partial charge in [0.2, 0.25) is 5.43 Å². The predicted octanol–water partition coefficient (Wildman–Crippen LogP) is 2.21. The van der Waals surface area contributed by atoms with E-state index in [-0.39, 0.29) is 5.69 Å². The molecule has 1 N–H and O–H groups in total. The van der Waals surface area contributed by atoms with Crippen LogP contribution in [0.2, 0.25) is 0 Å². The lowest BCUT2D eigenvalue weighted by Crippen LogP contribution is -2.49. The van der Waals surface area contributed by atoms with Gasteiger partial charge in [0, 0.05) is 52.0 Å². The second-order valence-corrected chi connectivity index (χ2v) is 6.60. The van der Waals surface area contributed by atoms with E-state index in [1.54, 1.807) is 11.9 Å². The molecule has 0 aliphatic carbocycles. The van der Waals surface area contributed by atoms with Crippen molar-refractivity contribution in [2.45, 2.75) is 19.0 Å². The topological polar surface area (TPSA) is 48.7 Å². The molecule has 1 unspecified atom stereocenters. The third-order valence-electron chi connectivity index (χ3n) is 4.87. The first-order chi connectivity index (χ1) is 12.5. The number of pyridine rings is 1. The van der Waals surface area contributed by atoms with E-state index >= 15 is 0 Å². The van der Waals surface area contributed by atoms with E-state index < -0.39 is 23.6 Å². The van der Waals surface area contributed by atoms with Crippen LogP contribution in [0.25, 0.3) is 0 Å². The predicted molar refractivity (Wildman–Crippen MR) is 95.4 cm³/mol. The number of rotatable bonds is 5. The molecule has 0 bridgehead atoms. The second-order valence-electron chi connectivity index (χ2n) is 6.60. The molecule has 3 rings (SSSR count). The SMILES string of the molecule is Cn1ccc(=O)c(O)c1C(C(F)F)N1CCN(Cc2ccccc2)CC1. The molecule has 1 aliphatic heterocycles. The quantitative estimate of drug-likeness (QED) is 0.885. The van der Waals surface area contributed by atoms with Crippen molar-refractivity contribution in [3.05, 3.63) is 64.1 Å². The normalized spacial score (nSPS) is 17.5. The molecule has 1 saturated heterocycles. The number of alkyl halides is 2. The summed E-state index contributed by atoms with van der Waals surface area (Å²) in [5.41, 5.74) is 0.532. The number of aromatic hydroxyl groups is 1. The summed E-state index contributed by atoms with van der Waals surface area (Å²) in [6, 6.07) is 9.91. The summed E-state index contributed by atoms with van der Waals surface area (Å²) in [6.45, 7) is 2.98. The maximum atomic E-state index is 13.8. The zero-order valence-corrected chi connectivity index (χ0v) is 14.7. The number of nitrogens with zero attached hydrogens (tertiary/aromatic N) is 3. The minimum absolute atomic E-state index is 0.0241. The molecule has 7 heteroatoms. The van der Waals surface area contributed by atoms with Gasteiger partial charge in [-0.3, -0.25) is 14.6 Å². The van der Waals surface area contributed by atoms with Gasteiger partial charge in [0.05, 0.1) is 5.69 Å². The summed E-state index contributed by atoms with van der Waals surface area (Å²) < 4.78 is 29.1. The zero-order chi connectivity index (χ0) is 18.7. The molecule has 140 valence electrons. The fraction of sp³-hybridized carbons (Fsp3) is 0.421. The van der Waals surface area contributed by atoms with E-state index in [1.807, 2.05) is 30.3 Å². The molecule has 1 atom stereocenters. The maximum Gasteiger partial charge on any atom is 0.259 e. The molecule has 0 amide bonds. The van der Waals surface area contributed by atoms with Crippen molar-refractivity contribution in [1.29, 1.82) is 0 Å². The molecule has 2 aromatic rings. The summed E-state index contributed by atoms with van der Waals surface area (Å²) in [5, 5.41) is 10.1. The lowest BCUT2D eigenvalue weighted by atomic mass is 10.1. The van der Waals surface area contributed by atoms with Crippen molar-refractivity contribution >= 4 is 0 Å². The average molecular weight is 363 g/mol. The Kier molecular flexibility index (Phi) is 5.68. The van der Waals surface area contributed by atoms with E-state index in [2.05, 4.69) is 4.90 Å². The highest BCUT2D eigenvalue weighted by Crippen LogP contribution is 2.32. The van der Waals surface area contributed by atoms with Crippen molar-refractivity contribution in [3.8, 4) is 5.75 Å². The Balaban J connectivity index is 1.74. The summed E-state index contributed by atoms with van der Waals surface area (Å²) in [4.78, 5) is 15.6. The lowest BCUT2D eigenvalue weighted by molar-refractivity contribution is -0.00676. The molecule has 1 fully saturated rings. The third kappa shape index (κ3) is 3.94. The average Bonchev–Trinajstić information content (AvgIpc) is 2.63. The van der Waals surface area contributed by atoms with Gasteiger partial charge in [0.1, 0.15) is 6.04 Å². The number of hydrogen-bond donors (Lipinski definition) is 1. The fourth-order valence-corrected chi connectivity index (χ4v) is 3.47. The first-order valence-electron chi connectivity index (χ1n) is 8.64. The van der Waals surface area contributed by atoms with Crippen LogP contribution in [0.15, 0.2) is 47.4 Å².